The van der Waals surface area contributed by atoms with E-state index in [4.69, 9.17) is 0 Å². The lowest BCUT2D eigenvalue weighted by Crippen LogP contribution is -2.73. The molecular weight excluding hydrogens is 866 g/mol. The zero-order chi connectivity index (χ0) is 45.5. The fourth-order valence-corrected chi connectivity index (χ4v) is 19.7. The third kappa shape index (κ3) is 3.44. The Balaban J connectivity index is 0.998. The zero-order valence-corrected chi connectivity index (χ0v) is 39.5. The molecular formula is C62H38B6N4. The summed E-state index contributed by atoms with van der Waals surface area (Å²) in [6.07, 6.45) is 6.39. The summed E-state index contributed by atoms with van der Waals surface area (Å²) in [7, 11) is 0. The van der Waals surface area contributed by atoms with Crippen molar-refractivity contribution in [3.05, 3.63) is 173 Å². The monoisotopic (exact) mass is 904 g/mol. The van der Waals surface area contributed by atoms with E-state index in [-0.39, 0.29) is 26.1 Å². The second-order valence-corrected chi connectivity index (χ2v) is 23.9. The number of benzene rings is 10. The van der Waals surface area contributed by atoms with Gasteiger partial charge in [0.2, 0.25) is 26.9 Å². The standard InChI is InChI=1S/C62H38B6N4/c1-5-17-36-31(13-1)34-25-63-26-69-30-66-38-19-7-11-23-42(38)72-43-24-12-9-21-40(43)68-39-20-8-10-22-41(39)71-28-64-27-70-29-65-35-16-4-2-14-32(35)44-33-15-3-6-18-37(33)67(36)56-45(34)46-48(55(65)47(44)56)59(70)50-49(53(46)63)60(69)52-51(54(50)64)61(71)58(68)62(72)57(52)66/h1-24,34,44H,25-30H2. The van der Waals surface area contributed by atoms with E-state index in [0.717, 1.165) is 32.2 Å². The fraction of sp³-hybridized carbons (Fsp3) is 0.129. The van der Waals surface area contributed by atoms with Crippen LogP contribution in [0.2, 0.25) is 6.32 Å². The molecule has 12 heterocycles. The molecule has 0 aromatic heterocycles. The van der Waals surface area contributed by atoms with Gasteiger partial charge in [-0.2, -0.15) is 0 Å². The Labute approximate surface area is 419 Å². The minimum atomic E-state index is 0.174. The minimum absolute atomic E-state index is 0.174. The van der Waals surface area contributed by atoms with Gasteiger partial charge in [-0.15, -0.1) is 0 Å². The summed E-state index contributed by atoms with van der Waals surface area (Å²) in [5.41, 5.74) is 37.5. The first kappa shape index (κ1) is 35.6. The quantitative estimate of drug-likeness (QED) is 0.172. The highest BCUT2D eigenvalue weighted by Gasteiger charge is 2.59. The summed E-state index contributed by atoms with van der Waals surface area (Å²) in [5.74, 6) is 0.619. The Kier molecular flexibility index (Phi) is 5.58. The van der Waals surface area contributed by atoms with Crippen molar-refractivity contribution in [1.29, 1.82) is 0 Å². The first-order valence-electron chi connectivity index (χ1n) is 27.1. The molecule has 0 N–H and O–H groups in total. The summed E-state index contributed by atoms with van der Waals surface area (Å²) in [4.78, 5) is 11.6. The normalized spacial score (nSPS) is 20.2. The molecule has 0 fully saturated rings. The molecule has 0 aliphatic carbocycles. The molecule has 0 saturated heterocycles. The largest absolute Gasteiger partial charge is 0.384 e. The SMILES string of the molecule is c1ccc2c(c1)B1c3ccccc3C3c4ccccc4B4CN5CB6CN7c8ccccc8B8c9ccccc9N9c%10ccccc%10B%10CN%11CB%12CC2c2c1c3c4c1c5c3c6c4c7c8c9c%10c4c%11c3c%12c21. The van der Waals surface area contributed by atoms with Gasteiger partial charge in [-0.25, -0.2) is 0 Å². The molecule has 0 amide bonds. The molecule has 10 aromatic rings. The third-order valence-electron chi connectivity index (χ3n) is 21.5. The average Bonchev–Trinajstić information content (AvgIpc) is 3.46. The van der Waals surface area contributed by atoms with E-state index in [2.05, 4.69) is 165 Å². The predicted molar refractivity (Wildman–Crippen MR) is 309 cm³/mol. The molecule has 10 heteroatoms. The molecule has 4 nitrogen and oxygen atoms in total. The smallest absolute Gasteiger partial charge is 0.252 e. The summed E-state index contributed by atoms with van der Waals surface area (Å²) in [6, 6.07) is 57.8. The summed E-state index contributed by atoms with van der Waals surface area (Å²) in [6.45, 7) is 1.86. The van der Waals surface area contributed by atoms with E-state index < -0.39 is 0 Å². The van der Waals surface area contributed by atoms with Crippen molar-refractivity contribution in [1.82, 2.24) is 0 Å². The Hall–Kier alpha value is -7.43. The van der Waals surface area contributed by atoms with Crippen LogP contribution in [0.15, 0.2) is 146 Å². The highest BCUT2D eigenvalue weighted by atomic mass is 15.2. The highest BCUT2D eigenvalue weighted by molar-refractivity contribution is 7.04. The predicted octanol–water partition coefficient (Wildman–Crippen LogP) is 2.99. The van der Waals surface area contributed by atoms with Crippen LogP contribution in [-0.4, -0.2) is 72.5 Å². The summed E-state index contributed by atoms with van der Waals surface area (Å²) in [5, 5.41) is 9.83. The van der Waals surface area contributed by atoms with Crippen LogP contribution in [0.4, 0.5) is 39.8 Å². The van der Waals surface area contributed by atoms with Crippen LogP contribution in [0, 0.1) is 0 Å². The summed E-state index contributed by atoms with van der Waals surface area (Å²) >= 11 is 0. The van der Waals surface area contributed by atoms with Crippen LogP contribution in [0.1, 0.15) is 39.7 Å². The van der Waals surface area contributed by atoms with Crippen LogP contribution < -0.4 is 85.2 Å². The first-order valence-corrected chi connectivity index (χ1v) is 27.1. The average molecular weight is 904 g/mol. The molecule has 22 rings (SSSR count). The van der Waals surface area contributed by atoms with Crippen molar-refractivity contribution >= 4 is 178 Å². The molecule has 0 saturated carbocycles. The second-order valence-electron chi connectivity index (χ2n) is 23.9. The molecule has 0 radical (unpaired) electrons. The van der Waals surface area contributed by atoms with Gasteiger partial charge in [-0.1, -0.05) is 172 Å². The molecule has 0 spiro atoms. The molecule has 12 aliphatic rings. The van der Waals surface area contributed by atoms with Crippen molar-refractivity contribution < 1.29 is 0 Å². The van der Waals surface area contributed by atoms with E-state index in [1.807, 2.05) is 0 Å². The van der Waals surface area contributed by atoms with Gasteiger partial charge in [0.25, 0.3) is 6.71 Å². The van der Waals surface area contributed by atoms with Crippen LogP contribution in [0.5, 0.6) is 0 Å². The molecule has 324 valence electrons. The topological polar surface area (TPSA) is 13.0 Å². The maximum absolute atomic E-state index is 2.99. The molecule has 10 aromatic carbocycles. The maximum atomic E-state index is 2.99. The van der Waals surface area contributed by atoms with E-state index in [9.17, 15) is 0 Å². The van der Waals surface area contributed by atoms with Crippen LogP contribution >= 0.6 is 0 Å². The lowest BCUT2D eigenvalue weighted by atomic mass is 9.22. The first-order chi connectivity index (χ1) is 35.8. The van der Waals surface area contributed by atoms with Gasteiger partial charge in [0.05, 0.1) is 11.4 Å². The van der Waals surface area contributed by atoms with E-state index >= 15 is 0 Å². The Morgan fingerprint density at radius 1 is 0.347 bits per heavy atom. The minimum Gasteiger partial charge on any atom is -0.384 e. The second kappa shape index (κ2) is 11.3. The van der Waals surface area contributed by atoms with Gasteiger partial charge in [0.1, 0.15) is 0 Å². The van der Waals surface area contributed by atoms with E-state index in [1.54, 1.807) is 110 Å². The number of fused-ring (bicyclic) bond motifs is 18. The molecule has 12 aliphatic heterocycles. The van der Waals surface area contributed by atoms with Gasteiger partial charge >= 0.3 is 0 Å². The van der Waals surface area contributed by atoms with Gasteiger partial charge in [-0.3, -0.25) is 0 Å². The molecule has 2 unspecified atom stereocenters. The Morgan fingerprint density at radius 2 is 0.861 bits per heavy atom. The van der Waals surface area contributed by atoms with Gasteiger partial charge < -0.3 is 19.6 Å². The zero-order valence-electron chi connectivity index (χ0n) is 39.5. The number of hydrogen-bond acceptors (Lipinski definition) is 4. The van der Waals surface area contributed by atoms with Crippen molar-refractivity contribution in [2.75, 3.05) is 51.8 Å². The van der Waals surface area contributed by atoms with Gasteiger partial charge in [0.15, 0.2) is 6.71 Å². The molecule has 0 bridgehead atoms. The van der Waals surface area contributed by atoms with Gasteiger partial charge in [-0.05, 0) is 85.2 Å². The number of anilines is 7. The number of hydrogen-bond donors (Lipinski definition) is 0. The van der Waals surface area contributed by atoms with Gasteiger partial charge in [0, 0.05) is 93.0 Å². The Morgan fingerprint density at radius 3 is 1.62 bits per heavy atom. The Bertz CT molecular complexity index is 3940. The third-order valence-corrected chi connectivity index (χ3v) is 21.5. The lowest BCUT2D eigenvalue weighted by Gasteiger charge is -2.57. The molecule has 72 heavy (non-hydrogen) atoms. The fourth-order valence-electron chi connectivity index (χ4n) is 19.7. The number of para-hydroxylation sites is 3. The van der Waals surface area contributed by atoms with Crippen molar-refractivity contribution in [2.24, 2.45) is 0 Å². The van der Waals surface area contributed by atoms with Crippen molar-refractivity contribution in [3.8, 4) is 0 Å². The van der Waals surface area contributed by atoms with Crippen LogP contribution in [0.25, 0.3) is 32.3 Å². The van der Waals surface area contributed by atoms with E-state index in [0.29, 0.717) is 26.1 Å². The molecule has 2 atom stereocenters. The maximum Gasteiger partial charge on any atom is 0.252 e. The number of rotatable bonds is 0. The van der Waals surface area contributed by atoms with Crippen molar-refractivity contribution in [3.63, 3.8) is 0 Å². The van der Waals surface area contributed by atoms with Crippen molar-refractivity contribution in [2.45, 2.75) is 18.2 Å². The van der Waals surface area contributed by atoms with Crippen LogP contribution in [-0.2, 0) is 0 Å². The number of nitrogens with zero attached hydrogens (tertiary/aromatic N) is 4. The van der Waals surface area contributed by atoms with Crippen LogP contribution in [0.3, 0.4) is 0 Å². The van der Waals surface area contributed by atoms with E-state index in [1.165, 1.54) is 62.2 Å². The summed E-state index contributed by atoms with van der Waals surface area (Å²) < 4.78 is 0. The lowest BCUT2D eigenvalue weighted by molar-refractivity contribution is 0.892. The highest BCUT2D eigenvalue weighted by Crippen LogP contribution is 2.57.